The molecule has 0 aliphatic rings. The third-order valence-corrected chi connectivity index (χ3v) is 5.00. The molecular formula is C15H27NO3S3. The molecule has 128 valence electrons. The van der Waals surface area contributed by atoms with E-state index in [1.807, 2.05) is 41.5 Å². The van der Waals surface area contributed by atoms with Crippen molar-refractivity contribution in [2.45, 2.75) is 64.7 Å². The fourth-order valence-corrected chi connectivity index (χ4v) is 4.45. The Morgan fingerprint density at radius 1 is 1.18 bits per heavy atom. The maximum Gasteiger partial charge on any atom is 0.306 e. The molecule has 1 amide bonds. The van der Waals surface area contributed by atoms with Gasteiger partial charge in [-0.1, -0.05) is 30.9 Å². The van der Waals surface area contributed by atoms with Crippen LogP contribution >= 0.6 is 35.7 Å². The Morgan fingerprint density at radius 2 is 1.77 bits per heavy atom. The van der Waals surface area contributed by atoms with E-state index >= 15 is 0 Å². The molecular weight excluding hydrogens is 338 g/mol. The van der Waals surface area contributed by atoms with Gasteiger partial charge in [-0.05, 0) is 46.8 Å². The van der Waals surface area contributed by atoms with E-state index in [1.54, 1.807) is 11.8 Å². The number of rotatable bonds is 7. The zero-order valence-electron chi connectivity index (χ0n) is 14.3. The SMILES string of the molecule is CCSC(=S)SC(C)(C)C(=O)NCCCC(=O)OC(C)(C)C. The van der Waals surface area contributed by atoms with Crippen molar-refractivity contribution < 1.29 is 14.3 Å². The van der Waals surface area contributed by atoms with Crippen LogP contribution in [0.3, 0.4) is 0 Å². The molecule has 0 heterocycles. The van der Waals surface area contributed by atoms with Gasteiger partial charge in [-0.25, -0.2) is 0 Å². The molecule has 0 unspecified atom stereocenters. The topological polar surface area (TPSA) is 55.4 Å². The average Bonchev–Trinajstić information content (AvgIpc) is 2.31. The third kappa shape index (κ3) is 10.5. The number of hydrogen-bond donors (Lipinski definition) is 1. The second-order valence-electron chi connectivity index (χ2n) is 6.24. The number of carbonyl (C=O) groups is 2. The Kier molecular flexibility index (Phi) is 9.66. The van der Waals surface area contributed by atoms with E-state index in [9.17, 15) is 9.59 Å². The van der Waals surface area contributed by atoms with Crippen LogP contribution in [0.5, 0.6) is 0 Å². The summed E-state index contributed by atoms with van der Waals surface area (Å²) in [6.45, 7) is 11.7. The van der Waals surface area contributed by atoms with Crippen molar-refractivity contribution >= 4 is 51.1 Å². The zero-order chi connectivity index (χ0) is 17.4. The first-order valence-electron chi connectivity index (χ1n) is 7.34. The lowest BCUT2D eigenvalue weighted by molar-refractivity contribution is -0.155. The normalized spacial score (nSPS) is 11.9. The summed E-state index contributed by atoms with van der Waals surface area (Å²) < 4.78 is 5.38. The van der Waals surface area contributed by atoms with Crippen molar-refractivity contribution in [1.82, 2.24) is 5.32 Å². The molecule has 0 aromatic carbocycles. The van der Waals surface area contributed by atoms with Crippen LogP contribution in [0.4, 0.5) is 0 Å². The van der Waals surface area contributed by atoms with Gasteiger partial charge in [0.25, 0.3) is 0 Å². The van der Waals surface area contributed by atoms with Crippen LogP contribution in [0.25, 0.3) is 0 Å². The van der Waals surface area contributed by atoms with Crippen LogP contribution in [0.15, 0.2) is 0 Å². The molecule has 0 atom stereocenters. The van der Waals surface area contributed by atoms with Crippen molar-refractivity contribution in [3.63, 3.8) is 0 Å². The molecule has 0 aliphatic carbocycles. The van der Waals surface area contributed by atoms with Gasteiger partial charge in [0.1, 0.15) is 9.13 Å². The summed E-state index contributed by atoms with van der Waals surface area (Å²) in [5.41, 5.74) is -0.467. The van der Waals surface area contributed by atoms with Crippen molar-refractivity contribution in [3.05, 3.63) is 0 Å². The fraction of sp³-hybridized carbons (Fsp3) is 0.800. The first-order valence-corrected chi connectivity index (χ1v) is 9.55. The van der Waals surface area contributed by atoms with Gasteiger partial charge in [0.2, 0.25) is 5.91 Å². The first-order chi connectivity index (χ1) is 9.98. The fourth-order valence-electron chi connectivity index (χ4n) is 1.44. The molecule has 0 spiro atoms. The summed E-state index contributed by atoms with van der Waals surface area (Å²) in [4.78, 5) is 23.7. The summed E-state index contributed by atoms with van der Waals surface area (Å²) in [7, 11) is 0. The number of hydrogen-bond acceptors (Lipinski definition) is 6. The van der Waals surface area contributed by atoms with Crippen molar-refractivity contribution in [3.8, 4) is 0 Å². The van der Waals surface area contributed by atoms with E-state index < -0.39 is 10.3 Å². The lowest BCUT2D eigenvalue weighted by Crippen LogP contribution is -2.40. The number of amides is 1. The molecule has 0 rings (SSSR count). The Balaban J connectivity index is 4.07. The van der Waals surface area contributed by atoms with Crippen LogP contribution in [-0.4, -0.2) is 38.1 Å². The Labute approximate surface area is 147 Å². The second kappa shape index (κ2) is 9.78. The predicted molar refractivity (Wildman–Crippen MR) is 100 cm³/mol. The largest absolute Gasteiger partial charge is 0.460 e. The predicted octanol–water partition coefficient (Wildman–Crippen LogP) is 3.77. The second-order valence-corrected chi connectivity index (χ2v) is 10.3. The maximum absolute atomic E-state index is 12.2. The molecule has 0 aromatic heterocycles. The number of ether oxygens (including phenoxy) is 1. The summed E-state index contributed by atoms with van der Waals surface area (Å²) in [5.74, 6) is 0.594. The van der Waals surface area contributed by atoms with Crippen molar-refractivity contribution in [2.24, 2.45) is 0 Å². The standard InChI is InChI=1S/C15H27NO3S3/c1-7-21-13(20)22-15(5,6)12(18)16-10-8-9-11(17)19-14(2,3)4/h7-10H2,1-6H3,(H,16,18). The van der Waals surface area contributed by atoms with E-state index in [1.165, 1.54) is 11.8 Å². The third-order valence-electron chi connectivity index (χ3n) is 2.41. The highest BCUT2D eigenvalue weighted by molar-refractivity contribution is 8.47. The number of esters is 1. The Morgan fingerprint density at radius 3 is 2.27 bits per heavy atom. The van der Waals surface area contributed by atoms with Gasteiger partial charge in [-0.2, -0.15) is 0 Å². The van der Waals surface area contributed by atoms with Gasteiger partial charge in [0, 0.05) is 13.0 Å². The molecule has 0 radical (unpaired) electrons. The summed E-state index contributed by atoms with van der Waals surface area (Å²) in [6.07, 6.45) is 0.866. The van der Waals surface area contributed by atoms with Gasteiger partial charge in [0.15, 0.2) is 0 Å². The van der Waals surface area contributed by atoms with Crippen molar-refractivity contribution in [1.29, 1.82) is 0 Å². The van der Waals surface area contributed by atoms with Gasteiger partial charge in [-0.3, -0.25) is 9.59 Å². The maximum atomic E-state index is 12.2. The lowest BCUT2D eigenvalue weighted by Gasteiger charge is -2.23. The van der Waals surface area contributed by atoms with Crippen LogP contribution in [0.2, 0.25) is 0 Å². The lowest BCUT2D eigenvalue weighted by atomic mass is 10.2. The van der Waals surface area contributed by atoms with E-state index in [2.05, 4.69) is 5.32 Å². The molecule has 4 nitrogen and oxygen atoms in total. The molecule has 1 N–H and O–H groups in total. The highest BCUT2D eigenvalue weighted by Gasteiger charge is 2.29. The number of carbonyl (C=O) groups excluding carboxylic acids is 2. The van der Waals surface area contributed by atoms with Crippen LogP contribution in [0, 0.1) is 0 Å². The smallest absolute Gasteiger partial charge is 0.306 e. The average molecular weight is 366 g/mol. The van der Waals surface area contributed by atoms with Gasteiger partial charge >= 0.3 is 5.97 Å². The Hall–Kier alpha value is -0.270. The van der Waals surface area contributed by atoms with Gasteiger partial charge in [0.05, 0.1) is 4.75 Å². The molecule has 0 aromatic rings. The quantitative estimate of drug-likeness (QED) is 0.421. The van der Waals surface area contributed by atoms with E-state index in [0.717, 1.165) is 9.28 Å². The minimum atomic E-state index is -0.606. The van der Waals surface area contributed by atoms with Gasteiger partial charge < -0.3 is 10.1 Å². The van der Waals surface area contributed by atoms with Gasteiger partial charge in [-0.15, -0.1) is 11.8 Å². The number of nitrogens with one attached hydrogen (secondary N) is 1. The van der Waals surface area contributed by atoms with Crippen molar-refractivity contribution in [2.75, 3.05) is 12.3 Å². The monoisotopic (exact) mass is 365 g/mol. The highest BCUT2D eigenvalue weighted by Crippen LogP contribution is 2.30. The van der Waals surface area contributed by atoms with E-state index in [4.69, 9.17) is 17.0 Å². The van der Waals surface area contributed by atoms with Crippen LogP contribution in [0.1, 0.15) is 54.4 Å². The summed E-state index contributed by atoms with van der Waals surface area (Å²) in [5, 5.41) is 2.85. The molecule has 0 saturated heterocycles. The van der Waals surface area contributed by atoms with Crippen LogP contribution in [-0.2, 0) is 14.3 Å². The zero-order valence-corrected chi connectivity index (χ0v) is 16.7. The number of thiocarbonyl (C=S) groups is 1. The minimum Gasteiger partial charge on any atom is -0.460 e. The summed E-state index contributed by atoms with van der Waals surface area (Å²) in [6, 6.07) is 0. The molecule has 7 heteroatoms. The Bertz CT molecular complexity index is 403. The minimum absolute atomic E-state index is 0.0688. The summed E-state index contributed by atoms with van der Waals surface area (Å²) >= 11 is 8.19. The molecule has 0 fully saturated rings. The van der Waals surface area contributed by atoms with E-state index in [0.29, 0.717) is 19.4 Å². The molecule has 22 heavy (non-hydrogen) atoms. The van der Waals surface area contributed by atoms with E-state index in [-0.39, 0.29) is 11.9 Å². The molecule has 0 saturated carbocycles. The first kappa shape index (κ1) is 21.7. The number of thioether (sulfide) groups is 2. The highest BCUT2D eigenvalue weighted by atomic mass is 32.2. The molecule has 0 aliphatic heterocycles. The van der Waals surface area contributed by atoms with Crippen LogP contribution < -0.4 is 5.32 Å². The molecule has 0 bridgehead atoms.